The Morgan fingerprint density at radius 2 is 2.29 bits per heavy atom. The van der Waals surface area contributed by atoms with E-state index in [1.165, 1.54) is 0 Å². The number of benzene rings is 1. The fourth-order valence-electron chi connectivity index (χ4n) is 1.90. The summed E-state index contributed by atoms with van der Waals surface area (Å²) in [6, 6.07) is 5.48. The molecule has 1 heterocycles. The van der Waals surface area contributed by atoms with Crippen LogP contribution in [-0.4, -0.2) is 25.4 Å². The highest BCUT2D eigenvalue weighted by atomic mass is 16.2. The zero-order valence-corrected chi connectivity index (χ0v) is 9.69. The predicted octanol–water partition coefficient (Wildman–Crippen LogP) is 0.493. The molecule has 0 aliphatic carbocycles. The molecule has 0 atom stereocenters. The van der Waals surface area contributed by atoms with E-state index in [0.717, 1.165) is 11.3 Å². The highest BCUT2D eigenvalue weighted by Crippen LogP contribution is 2.29. The van der Waals surface area contributed by atoms with E-state index in [-0.39, 0.29) is 11.8 Å². The first kappa shape index (κ1) is 11.6. The van der Waals surface area contributed by atoms with Crippen molar-refractivity contribution in [1.82, 2.24) is 0 Å². The highest BCUT2D eigenvalue weighted by molar-refractivity contribution is 6.02. The summed E-state index contributed by atoms with van der Waals surface area (Å²) in [5, 5.41) is 2.75. The molecule has 0 saturated heterocycles. The molecule has 0 saturated carbocycles. The summed E-state index contributed by atoms with van der Waals surface area (Å²) >= 11 is 0. The van der Waals surface area contributed by atoms with Crippen molar-refractivity contribution in [3.8, 4) is 0 Å². The van der Waals surface area contributed by atoms with Crippen LogP contribution in [0.4, 0.5) is 11.4 Å². The first-order valence-electron chi connectivity index (χ1n) is 5.51. The van der Waals surface area contributed by atoms with Crippen LogP contribution in [0.25, 0.3) is 0 Å². The molecule has 1 aliphatic heterocycles. The number of fused-ring (bicyclic) bond motifs is 1. The summed E-state index contributed by atoms with van der Waals surface area (Å²) in [6.45, 7) is 0.331. The first-order chi connectivity index (χ1) is 8.11. The minimum absolute atomic E-state index is 0.0745. The van der Waals surface area contributed by atoms with Crippen LogP contribution in [0.2, 0.25) is 0 Å². The van der Waals surface area contributed by atoms with Gasteiger partial charge in [-0.25, -0.2) is 0 Å². The maximum absolute atomic E-state index is 11.5. The number of amides is 2. The van der Waals surface area contributed by atoms with Crippen molar-refractivity contribution in [2.24, 2.45) is 5.73 Å². The summed E-state index contributed by atoms with van der Waals surface area (Å²) in [7, 11) is 1.75. The largest absolute Gasteiger partial charge is 0.330 e. The number of carbonyl (C=O) groups is 2. The molecular formula is C12H15N3O2. The highest BCUT2D eigenvalue weighted by Gasteiger charge is 2.23. The van der Waals surface area contributed by atoms with Gasteiger partial charge in [-0.3, -0.25) is 9.59 Å². The van der Waals surface area contributed by atoms with Crippen LogP contribution >= 0.6 is 0 Å². The summed E-state index contributed by atoms with van der Waals surface area (Å²) in [4.78, 5) is 24.5. The second-order valence-electron chi connectivity index (χ2n) is 4.06. The van der Waals surface area contributed by atoms with Crippen LogP contribution in [-0.2, 0) is 16.0 Å². The minimum Gasteiger partial charge on any atom is -0.330 e. The van der Waals surface area contributed by atoms with Crippen LogP contribution in [0, 0.1) is 0 Å². The summed E-state index contributed by atoms with van der Waals surface area (Å²) in [5.41, 5.74) is 7.87. The number of hydrogen-bond acceptors (Lipinski definition) is 3. The van der Waals surface area contributed by atoms with Gasteiger partial charge >= 0.3 is 0 Å². The fourth-order valence-corrected chi connectivity index (χ4v) is 1.90. The molecule has 1 aromatic carbocycles. The SMILES string of the molecule is CN1C(=O)Cc2cc(NC(=O)CCN)ccc21. The molecule has 3 N–H and O–H groups in total. The third-order valence-electron chi connectivity index (χ3n) is 2.81. The number of rotatable bonds is 3. The molecule has 0 spiro atoms. The molecule has 0 radical (unpaired) electrons. The van der Waals surface area contributed by atoms with Gasteiger partial charge in [-0.2, -0.15) is 0 Å². The molecule has 0 fully saturated rings. The summed E-state index contributed by atoms with van der Waals surface area (Å²) in [5.74, 6) is -0.0319. The van der Waals surface area contributed by atoms with Crippen molar-refractivity contribution in [3.63, 3.8) is 0 Å². The van der Waals surface area contributed by atoms with Crippen molar-refractivity contribution in [3.05, 3.63) is 23.8 Å². The van der Waals surface area contributed by atoms with Crippen LogP contribution < -0.4 is 16.0 Å². The number of nitrogens with two attached hydrogens (primary N) is 1. The van der Waals surface area contributed by atoms with Crippen LogP contribution in [0.5, 0.6) is 0 Å². The number of hydrogen-bond donors (Lipinski definition) is 2. The molecule has 1 aliphatic rings. The van der Waals surface area contributed by atoms with E-state index >= 15 is 0 Å². The molecule has 2 rings (SSSR count). The second-order valence-corrected chi connectivity index (χ2v) is 4.06. The third kappa shape index (κ3) is 2.29. The number of nitrogens with one attached hydrogen (secondary N) is 1. The lowest BCUT2D eigenvalue weighted by atomic mass is 10.1. The monoisotopic (exact) mass is 233 g/mol. The normalized spacial score (nSPS) is 13.8. The van der Waals surface area contributed by atoms with E-state index in [9.17, 15) is 9.59 Å². The van der Waals surface area contributed by atoms with E-state index in [2.05, 4.69) is 5.32 Å². The van der Waals surface area contributed by atoms with Gasteiger partial charge < -0.3 is 16.0 Å². The average Bonchev–Trinajstić information content (AvgIpc) is 2.55. The summed E-state index contributed by atoms with van der Waals surface area (Å²) in [6.07, 6.45) is 0.697. The number of carbonyl (C=O) groups excluding carboxylic acids is 2. The lowest BCUT2D eigenvalue weighted by Crippen LogP contribution is -2.20. The van der Waals surface area contributed by atoms with Gasteiger partial charge in [0.25, 0.3) is 0 Å². The topological polar surface area (TPSA) is 75.4 Å². The maximum atomic E-state index is 11.5. The van der Waals surface area contributed by atoms with Gasteiger partial charge in [0, 0.05) is 31.4 Å². The molecule has 2 amide bonds. The molecule has 17 heavy (non-hydrogen) atoms. The Hall–Kier alpha value is -1.88. The van der Waals surface area contributed by atoms with E-state index in [1.54, 1.807) is 18.0 Å². The molecule has 5 heteroatoms. The smallest absolute Gasteiger partial charge is 0.231 e. The van der Waals surface area contributed by atoms with E-state index in [0.29, 0.717) is 25.1 Å². The summed E-state index contributed by atoms with van der Waals surface area (Å²) < 4.78 is 0. The second kappa shape index (κ2) is 4.55. The van der Waals surface area contributed by atoms with Crippen molar-refractivity contribution in [1.29, 1.82) is 0 Å². The first-order valence-corrected chi connectivity index (χ1v) is 5.51. The third-order valence-corrected chi connectivity index (χ3v) is 2.81. The van der Waals surface area contributed by atoms with Crippen molar-refractivity contribution < 1.29 is 9.59 Å². The van der Waals surface area contributed by atoms with E-state index in [4.69, 9.17) is 5.73 Å². The fraction of sp³-hybridized carbons (Fsp3) is 0.333. The van der Waals surface area contributed by atoms with Crippen molar-refractivity contribution in [2.45, 2.75) is 12.8 Å². The Morgan fingerprint density at radius 3 is 3.00 bits per heavy atom. The van der Waals surface area contributed by atoms with Gasteiger partial charge in [0.2, 0.25) is 11.8 Å². The van der Waals surface area contributed by atoms with Crippen LogP contribution in [0.1, 0.15) is 12.0 Å². The standard InChI is InChI=1S/C12H15N3O2/c1-15-10-3-2-9(14-11(16)4-5-13)6-8(10)7-12(15)17/h2-3,6H,4-5,7,13H2,1H3,(H,14,16). The Balaban J connectivity index is 2.16. The number of likely N-dealkylation sites (N-methyl/N-ethyl adjacent to an activating group) is 1. The lowest BCUT2D eigenvalue weighted by Gasteiger charge is -2.11. The molecular weight excluding hydrogens is 218 g/mol. The number of anilines is 2. The van der Waals surface area contributed by atoms with E-state index in [1.807, 2.05) is 12.1 Å². The predicted molar refractivity (Wildman–Crippen MR) is 65.9 cm³/mol. The zero-order valence-electron chi connectivity index (χ0n) is 9.69. The molecule has 1 aromatic rings. The Morgan fingerprint density at radius 1 is 1.53 bits per heavy atom. The van der Waals surface area contributed by atoms with Gasteiger partial charge in [-0.1, -0.05) is 0 Å². The van der Waals surface area contributed by atoms with E-state index < -0.39 is 0 Å². The molecule has 5 nitrogen and oxygen atoms in total. The van der Waals surface area contributed by atoms with Crippen molar-refractivity contribution in [2.75, 3.05) is 23.8 Å². The Kier molecular flexibility index (Phi) is 3.10. The zero-order chi connectivity index (χ0) is 12.4. The van der Waals surface area contributed by atoms with Crippen LogP contribution in [0.3, 0.4) is 0 Å². The average molecular weight is 233 g/mol. The van der Waals surface area contributed by atoms with Gasteiger partial charge in [-0.05, 0) is 23.8 Å². The van der Waals surface area contributed by atoms with Crippen molar-refractivity contribution >= 4 is 23.2 Å². The molecule has 0 aromatic heterocycles. The Labute approximate surface area is 99.6 Å². The van der Waals surface area contributed by atoms with Crippen LogP contribution in [0.15, 0.2) is 18.2 Å². The lowest BCUT2D eigenvalue weighted by molar-refractivity contribution is -0.117. The maximum Gasteiger partial charge on any atom is 0.231 e. The molecule has 90 valence electrons. The number of nitrogens with zero attached hydrogens (tertiary/aromatic N) is 1. The molecule has 0 unspecified atom stereocenters. The van der Waals surface area contributed by atoms with Gasteiger partial charge in [0.05, 0.1) is 6.42 Å². The van der Waals surface area contributed by atoms with Gasteiger partial charge in [-0.15, -0.1) is 0 Å². The quantitative estimate of drug-likeness (QED) is 0.798. The molecule has 0 bridgehead atoms. The Bertz CT molecular complexity index is 471. The van der Waals surface area contributed by atoms with Gasteiger partial charge in [0.15, 0.2) is 0 Å². The minimum atomic E-state index is -0.106. The van der Waals surface area contributed by atoms with Gasteiger partial charge in [0.1, 0.15) is 0 Å².